The summed E-state index contributed by atoms with van der Waals surface area (Å²) in [6, 6.07) is 3.73. The predicted molar refractivity (Wildman–Crippen MR) is 94.5 cm³/mol. The van der Waals surface area contributed by atoms with Crippen LogP contribution in [0.25, 0.3) is 0 Å². The fourth-order valence-corrected chi connectivity index (χ4v) is 2.46. The van der Waals surface area contributed by atoms with E-state index in [1.54, 1.807) is 0 Å². The highest BCUT2D eigenvalue weighted by atomic mass is 35.5. The first-order chi connectivity index (χ1) is 9.66. The Labute approximate surface area is 145 Å². The summed E-state index contributed by atoms with van der Waals surface area (Å²) < 4.78 is 0. The molecule has 1 aliphatic rings. The number of halogens is 2. The van der Waals surface area contributed by atoms with Crippen molar-refractivity contribution < 1.29 is 4.79 Å². The van der Waals surface area contributed by atoms with E-state index in [1.807, 2.05) is 26.0 Å². The monoisotopic (exact) mass is 348 g/mol. The van der Waals surface area contributed by atoms with Crippen molar-refractivity contribution >= 4 is 30.7 Å². The Hall–Kier alpha value is -0.880. The van der Waals surface area contributed by atoms with Crippen LogP contribution in [0.15, 0.2) is 12.1 Å². The first-order valence-electron chi connectivity index (χ1n) is 7.32. The molecule has 7 heteroatoms. The molecule has 0 atom stereocenters. The van der Waals surface area contributed by atoms with Crippen LogP contribution in [-0.4, -0.2) is 55.1 Å². The van der Waals surface area contributed by atoms with Crippen LogP contribution < -0.4 is 10.6 Å². The molecule has 0 aromatic carbocycles. The number of rotatable bonds is 5. The minimum Gasteiger partial charge on any atom is -0.352 e. The van der Waals surface area contributed by atoms with Gasteiger partial charge in [0, 0.05) is 38.4 Å². The molecule has 1 fully saturated rings. The lowest BCUT2D eigenvalue weighted by Gasteiger charge is -2.27. The maximum atomic E-state index is 12.1. The van der Waals surface area contributed by atoms with Gasteiger partial charge < -0.3 is 15.5 Å². The highest BCUT2D eigenvalue weighted by Crippen LogP contribution is 2.06. The quantitative estimate of drug-likeness (QED) is 0.793. The molecule has 22 heavy (non-hydrogen) atoms. The Bertz CT molecular complexity index is 465. The van der Waals surface area contributed by atoms with Gasteiger partial charge in [-0.2, -0.15) is 0 Å². The van der Waals surface area contributed by atoms with Gasteiger partial charge in [-0.05, 0) is 38.9 Å². The lowest BCUT2D eigenvalue weighted by atomic mass is 10.1. The maximum absolute atomic E-state index is 12.1. The number of hydrogen-bond donors (Lipinski definition) is 2. The van der Waals surface area contributed by atoms with Gasteiger partial charge in [0.25, 0.3) is 5.91 Å². The number of nitrogens with zero attached hydrogens (tertiary/aromatic N) is 2. The molecule has 1 aromatic rings. The van der Waals surface area contributed by atoms with Gasteiger partial charge in [-0.3, -0.25) is 9.78 Å². The Morgan fingerprint density at radius 2 is 1.95 bits per heavy atom. The first kappa shape index (κ1) is 21.1. The third-order valence-corrected chi connectivity index (χ3v) is 3.62. The van der Waals surface area contributed by atoms with Gasteiger partial charge in [-0.15, -0.1) is 24.8 Å². The standard InChI is InChI=1S/C15H24N4O.2ClH/c1-12-4-5-14(13(2)18-12)15(20)17-6-3-9-19-10-7-16-8-11-19;;/h4-5,16H,3,6-11H2,1-2H3,(H,17,20);2*1H. The van der Waals surface area contributed by atoms with Gasteiger partial charge >= 0.3 is 0 Å². The number of piperazine rings is 1. The molecule has 1 aromatic heterocycles. The first-order valence-corrected chi connectivity index (χ1v) is 7.32. The fourth-order valence-electron chi connectivity index (χ4n) is 2.46. The van der Waals surface area contributed by atoms with Crippen molar-refractivity contribution in [2.24, 2.45) is 0 Å². The Balaban J connectivity index is 0.00000220. The molecule has 1 saturated heterocycles. The minimum absolute atomic E-state index is 0. The summed E-state index contributed by atoms with van der Waals surface area (Å²) in [5.74, 6) is -0.0182. The average Bonchev–Trinajstić information content (AvgIpc) is 2.44. The average molecular weight is 349 g/mol. The summed E-state index contributed by atoms with van der Waals surface area (Å²) in [4.78, 5) is 18.8. The normalized spacial score (nSPS) is 14.6. The largest absolute Gasteiger partial charge is 0.352 e. The second-order valence-corrected chi connectivity index (χ2v) is 5.29. The van der Waals surface area contributed by atoms with Crippen LogP contribution in [0.2, 0.25) is 0 Å². The van der Waals surface area contributed by atoms with E-state index in [2.05, 4.69) is 20.5 Å². The van der Waals surface area contributed by atoms with Crippen LogP contribution in [0.4, 0.5) is 0 Å². The number of nitrogens with one attached hydrogen (secondary N) is 2. The zero-order chi connectivity index (χ0) is 14.4. The van der Waals surface area contributed by atoms with E-state index in [-0.39, 0.29) is 30.7 Å². The van der Waals surface area contributed by atoms with E-state index < -0.39 is 0 Å². The third kappa shape index (κ3) is 6.48. The summed E-state index contributed by atoms with van der Waals surface area (Å²) in [5, 5.41) is 6.31. The van der Waals surface area contributed by atoms with E-state index in [0.717, 1.165) is 57.1 Å². The zero-order valence-corrected chi connectivity index (χ0v) is 14.9. The number of aryl methyl sites for hydroxylation is 2. The zero-order valence-electron chi connectivity index (χ0n) is 13.2. The molecule has 5 nitrogen and oxygen atoms in total. The van der Waals surface area contributed by atoms with Crippen molar-refractivity contribution in [3.8, 4) is 0 Å². The lowest BCUT2D eigenvalue weighted by molar-refractivity contribution is 0.0950. The van der Waals surface area contributed by atoms with Crippen LogP contribution in [0.5, 0.6) is 0 Å². The fraction of sp³-hybridized carbons (Fsp3) is 0.600. The van der Waals surface area contributed by atoms with Crippen LogP contribution >= 0.6 is 24.8 Å². The van der Waals surface area contributed by atoms with Crippen LogP contribution in [0.3, 0.4) is 0 Å². The van der Waals surface area contributed by atoms with Crippen molar-refractivity contribution in [1.82, 2.24) is 20.5 Å². The number of carbonyl (C=O) groups is 1. The molecule has 1 aliphatic heterocycles. The van der Waals surface area contributed by atoms with E-state index in [1.165, 1.54) is 0 Å². The molecule has 126 valence electrons. The van der Waals surface area contributed by atoms with E-state index in [0.29, 0.717) is 5.56 Å². The van der Waals surface area contributed by atoms with Gasteiger partial charge in [0.05, 0.1) is 11.3 Å². The molecule has 2 rings (SSSR count). The van der Waals surface area contributed by atoms with E-state index in [4.69, 9.17) is 0 Å². The molecule has 0 radical (unpaired) electrons. The molecular formula is C15H26Cl2N4O. The number of amides is 1. The van der Waals surface area contributed by atoms with Crippen molar-refractivity contribution in [2.45, 2.75) is 20.3 Å². The van der Waals surface area contributed by atoms with Gasteiger partial charge in [0.2, 0.25) is 0 Å². The SMILES string of the molecule is Cc1ccc(C(=O)NCCCN2CCNCC2)c(C)n1.Cl.Cl. The molecule has 1 amide bonds. The smallest absolute Gasteiger partial charge is 0.253 e. The molecular weight excluding hydrogens is 323 g/mol. The maximum Gasteiger partial charge on any atom is 0.253 e. The minimum atomic E-state index is -0.0182. The number of hydrogen-bond acceptors (Lipinski definition) is 4. The van der Waals surface area contributed by atoms with Crippen molar-refractivity contribution in [3.05, 3.63) is 29.1 Å². The molecule has 0 aliphatic carbocycles. The molecule has 0 unspecified atom stereocenters. The van der Waals surface area contributed by atoms with Gasteiger partial charge in [-0.25, -0.2) is 0 Å². The summed E-state index contributed by atoms with van der Waals surface area (Å²) in [6.07, 6.45) is 0.990. The number of carbonyl (C=O) groups excluding carboxylic acids is 1. The Kier molecular flexibility index (Phi) is 10.3. The molecule has 0 bridgehead atoms. The van der Waals surface area contributed by atoms with Gasteiger partial charge in [0.1, 0.15) is 0 Å². The van der Waals surface area contributed by atoms with Gasteiger partial charge in [-0.1, -0.05) is 0 Å². The van der Waals surface area contributed by atoms with Crippen molar-refractivity contribution in [1.29, 1.82) is 0 Å². The molecule has 0 saturated carbocycles. The van der Waals surface area contributed by atoms with E-state index >= 15 is 0 Å². The van der Waals surface area contributed by atoms with E-state index in [9.17, 15) is 4.79 Å². The summed E-state index contributed by atoms with van der Waals surface area (Å²) in [7, 11) is 0. The molecule has 2 heterocycles. The topological polar surface area (TPSA) is 57.3 Å². The summed E-state index contributed by atoms with van der Waals surface area (Å²) in [5.41, 5.74) is 2.42. The number of aromatic nitrogens is 1. The summed E-state index contributed by atoms with van der Waals surface area (Å²) >= 11 is 0. The predicted octanol–water partition coefficient (Wildman–Crippen LogP) is 1.57. The Morgan fingerprint density at radius 1 is 1.27 bits per heavy atom. The lowest BCUT2D eigenvalue weighted by Crippen LogP contribution is -2.44. The number of pyridine rings is 1. The van der Waals surface area contributed by atoms with Crippen molar-refractivity contribution in [3.63, 3.8) is 0 Å². The molecule has 0 spiro atoms. The Morgan fingerprint density at radius 3 is 2.59 bits per heavy atom. The highest BCUT2D eigenvalue weighted by molar-refractivity contribution is 5.95. The van der Waals surface area contributed by atoms with Crippen LogP contribution in [0.1, 0.15) is 28.2 Å². The second kappa shape index (κ2) is 10.8. The van der Waals surface area contributed by atoms with Crippen LogP contribution in [0, 0.1) is 13.8 Å². The van der Waals surface area contributed by atoms with Crippen LogP contribution in [-0.2, 0) is 0 Å². The second-order valence-electron chi connectivity index (χ2n) is 5.29. The summed E-state index contributed by atoms with van der Waals surface area (Å²) in [6.45, 7) is 9.93. The van der Waals surface area contributed by atoms with Gasteiger partial charge in [0.15, 0.2) is 0 Å². The van der Waals surface area contributed by atoms with Crippen molar-refractivity contribution in [2.75, 3.05) is 39.3 Å². The third-order valence-electron chi connectivity index (χ3n) is 3.62. The highest BCUT2D eigenvalue weighted by Gasteiger charge is 2.11. The molecule has 2 N–H and O–H groups in total.